The van der Waals surface area contributed by atoms with Gasteiger partial charge in [-0.05, 0) is 26.8 Å². The second-order valence-electron chi connectivity index (χ2n) is 3.88. The van der Waals surface area contributed by atoms with Gasteiger partial charge in [-0.25, -0.2) is 19.4 Å². The molecule has 0 spiro atoms. The number of hydrogen-bond donors (Lipinski definition) is 0. The maximum absolute atomic E-state index is 11.9. The Morgan fingerprint density at radius 3 is 2.00 bits per heavy atom. The third kappa shape index (κ3) is 4.17. The van der Waals surface area contributed by atoms with E-state index < -0.39 is 17.9 Å². The van der Waals surface area contributed by atoms with E-state index in [1.165, 1.54) is 0 Å². The minimum atomic E-state index is -0.843. The van der Waals surface area contributed by atoms with Crippen molar-refractivity contribution in [2.24, 2.45) is 0 Å². The highest BCUT2D eigenvalue weighted by atomic mass is 35.5. The minimum absolute atomic E-state index is 0.0925. The first-order chi connectivity index (χ1) is 10.5. The molecule has 0 aliphatic carbocycles. The van der Waals surface area contributed by atoms with E-state index in [1.54, 1.807) is 20.8 Å². The van der Waals surface area contributed by atoms with Gasteiger partial charge in [0.25, 0.3) is 0 Å². The molecule has 1 heterocycles. The number of nitrogens with zero attached hydrogens (tertiary/aromatic N) is 1. The monoisotopic (exact) mass is 329 g/mol. The third-order valence-corrected chi connectivity index (χ3v) is 2.79. The van der Waals surface area contributed by atoms with E-state index in [0.29, 0.717) is 0 Å². The first-order valence-electron chi connectivity index (χ1n) is 6.68. The highest BCUT2D eigenvalue weighted by Crippen LogP contribution is 2.23. The number of ether oxygens (including phenoxy) is 3. The van der Waals surface area contributed by atoms with E-state index >= 15 is 0 Å². The molecular formula is C14H16ClNO6. The second kappa shape index (κ2) is 8.33. The van der Waals surface area contributed by atoms with E-state index in [9.17, 15) is 14.4 Å². The Balaban J connectivity index is 3.39. The van der Waals surface area contributed by atoms with Gasteiger partial charge in [-0.1, -0.05) is 11.6 Å². The highest BCUT2D eigenvalue weighted by Gasteiger charge is 2.25. The lowest BCUT2D eigenvalue weighted by Gasteiger charge is -2.10. The fraction of sp³-hybridized carbons (Fsp3) is 0.429. The lowest BCUT2D eigenvalue weighted by Crippen LogP contribution is -2.17. The molecule has 0 atom stereocenters. The minimum Gasteiger partial charge on any atom is -0.462 e. The van der Waals surface area contributed by atoms with Crippen LogP contribution in [0.15, 0.2) is 6.07 Å². The van der Waals surface area contributed by atoms with Crippen LogP contribution in [0, 0.1) is 0 Å². The Kier molecular flexibility index (Phi) is 6.78. The van der Waals surface area contributed by atoms with Gasteiger partial charge < -0.3 is 14.2 Å². The fourth-order valence-electron chi connectivity index (χ4n) is 1.53. The largest absolute Gasteiger partial charge is 0.462 e. The molecule has 0 unspecified atom stereocenters. The first kappa shape index (κ1) is 17.9. The number of esters is 3. The molecule has 0 fully saturated rings. The Morgan fingerprint density at radius 1 is 0.955 bits per heavy atom. The zero-order chi connectivity index (χ0) is 16.7. The van der Waals surface area contributed by atoms with Crippen LogP contribution in [0.3, 0.4) is 0 Å². The van der Waals surface area contributed by atoms with Crippen LogP contribution in [0.1, 0.15) is 52.1 Å². The number of pyridine rings is 1. The Bertz CT molecular complexity index is 548. The average Bonchev–Trinajstić information content (AvgIpc) is 2.48. The van der Waals surface area contributed by atoms with Gasteiger partial charge >= 0.3 is 17.9 Å². The van der Waals surface area contributed by atoms with Gasteiger partial charge in [0, 0.05) is 0 Å². The summed E-state index contributed by atoms with van der Waals surface area (Å²) < 4.78 is 14.5. The normalized spacial score (nSPS) is 10.0. The van der Waals surface area contributed by atoms with Gasteiger partial charge in [0.05, 0.1) is 30.4 Å². The SMILES string of the molecule is CCOC(=O)c1cc(C(=O)OCC)c(Cl)c(C(=O)OCC)n1. The number of carbonyl (C=O) groups is 3. The van der Waals surface area contributed by atoms with E-state index in [2.05, 4.69) is 4.98 Å². The van der Waals surface area contributed by atoms with E-state index in [4.69, 9.17) is 25.8 Å². The van der Waals surface area contributed by atoms with Crippen molar-refractivity contribution in [3.05, 3.63) is 28.0 Å². The Hall–Kier alpha value is -2.15. The summed E-state index contributed by atoms with van der Waals surface area (Å²) in [7, 11) is 0. The summed E-state index contributed by atoms with van der Waals surface area (Å²) in [5.74, 6) is -2.40. The summed E-state index contributed by atoms with van der Waals surface area (Å²) in [4.78, 5) is 39.4. The van der Waals surface area contributed by atoms with Crippen LogP contribution in [-0.4, -0.2) is 42.7 Å². The zero-order valence-corrected chi connectivity index (χ0v) is 13.2. The third-order valence-electron chi connectivity index (χ3n) is 2.41. The summed E-state index contributed by atoms with van der Waals surface area (Å²) in [6.45, 7) is 5.16. The molecule has 0 amide bonds. The number of hydrogen-bond acceptors (Lipinski definition) is 7. The maximum Gasteiger partial charge on any atom is 0.358 e. The second-order valence-corrected chi connectivity index (χ2v) is 4.26. The molecule has 0 saturated heterocycles. The van der Waals surface area contributed by atoms with Gasteiger partial charge in [-0.3, -0.25) is 0 Å². The van der Waals surface area contributed by atoms with Crippen LogP contribution < -0.4 is 0 Å². The summed E-state index contributed by atoms with van der Waals surface area (Å²) in [6.07, 6.45) is 0. The van der Waals surface area contributed by atoms with Crippen LogP contribution >= 0.6 is 11.6 Å². The smallest absolute Gasteiger partial charge is 0.358 e. The molecule has 7 nitrogen and oxygen atoms in total. The Labute approximate surface area is 132 Å². The standard InChI is InChI=1S/C14H16ClNO6/c1-4-20-12(17)8-7-9(13(18)21-5-2)16-11(10(8)15)14(19)22-6-3/h7H,4-6H2,1-3H3. The van der Waals surface area contributed by atoms with Gasteiger partial charge in [0.15, 0.2) is 5.69 Å². The molecule has 0 aliphatic rings. The van der Waals surface area contributed by atoms with Crippen molar-refractivity contribution < 1.29 is 28.6 Å². The number of rotatable bonds is 6. The summed E-state index contributed by atoms with van der Waals surface area (Å²) >= 11 is 6.01. The summed E-state index contributed by atoms with van der Waals surface area (Å²) in [5.41, 5.74) is -0.709. The van der Waals surface area contributed by atoms with Crippen molar-refractivity contribution in [1.82, 2.24) is 4.98 Å². The molecule has 120 valence electrons. The van der Waals surface area contributed by atoms with Crippen molar-refractivity contribution in [2.75, 3.05) is 19.8 Å². The molecule has 0 bridgehead atoms. The predicted octanol–water partition coefficient (Wildman–Crippen LogP) is 2.27. The van der Waals surface area contributed by atoms with Gasteiger partial charge in [-0.15, -0.1) is 0 Å². The molecule has 0 aliphatic heterocycles. The fourth-order valence-corrected chi connectivity index (χ4v) is 1.78. The van der Waals surface area contributed by atoms with Crippen LogP contribution in [0.2, 0.25) is 5.02 Å². The molecule has 0 N–H and O–H groups in total. The summed E-state index contributed by atoms with van der Waals surface area (Å²) in [6, 6.07) is 1.13. The topological polar surface area (TPSA) is 91.8 Å². The summed E-state index contributed by atoms with van der Waals surface area (Å²) in [5, 5.41) is -0.232. The van der Waals surface area contributed by atoms with Crippen LogP contribution in [0.5, 0.6) is 0 Å². The Morgan fingerprint density at radius 2 is 1.45 bits per heavy atom. The number of aromatic nitrogens is 1. The molecule has 22 heavy (non-hydrogen) atoms. The van der Waals surface area contributed by atoms with Gasteiger partial charge in [-0.2, -0.15) is 0 Å². The van der Waals surface area contributed by atoms with Crippen LogP contribution in [-0.2, 0) is 14.2 Å². The van der Waals surface area contributed by atoms with E-state index in [1.807, 2.05) is 0 Å². The molecule has 8 heteroatoms. The maximum atomic E-state index is 11.9. The van der Waals surface area contributed by atoms with Crippen LogP contribution in [0.25, 0.3) is 0 Å². The van der Waals surface area contributed by atoms with Crippen molar-refractivity contribution in [3.63, 3.8) is 0 Å². The van der Waals surface area contributed by atoms with Crippen LogP contribution in [0.4, 0.5) is 0 Å². The van der Waals surface area contributed by atoms with Gasteiger partial charge in [0.2, 0.25) is 0 Å². The molecule has 1 rings (SSSR count). The molecule has 0 aromatic carbocycles. The number of halogens is 1. The predicted molar refractivity (Wildman–Crippen MR) is 77.1 cm³/mol. The van der Waals surface area contributed by atoms with Crippen molar-refractivity contribution in [3.8, 4) is 0 Å². The highest BCUT2D eigenvalue weighted by molar-refractivity contribution is 6.36. The van der Waals surface area contributed by atoms with E-state index in [-0.39, 0.29) is 41.8 Å². The van der Waals surface area contributed by atoms with E-state index in [0.717, 1.165) is 6.07 Å². The first-order valence-corrected chi connectivity index (χ1v) is 7.05. The molecular weight excluding hydrogens is 314 g/mol. The van der Waals surface area contributed by atoms with Crippen molar-refractivity contribution in [2.45, 2.75) is 20.8 Å². The molecule has 0 radical (unpaired) electrons. The van der Waals surface area contributed by atoms with Gasteiger partial charge in [0.1, 0.15) is 5.69 Å². The quantitative estimate of drug-likeness (QED) is 0.584. The molecule has 1 aromatic heterocycles. The van der Waals surface area contributed by atoms with Crippen molar-refractivity contribution >= 4 is 29.5 Å². The lowest BCUT2D eigenvalue weighted by atomic mass is 10.2. The average molecular weight is 330 g/mol. The van der Waals surface area contributed by atoms with Crippen molar-refractivity contribution in [1.29, 1.82) is 0 Å². The zero-order valence-electron chi connectivity index (χ0n) is 12.5. The molecule has 1 aromatic rings. The molecule has 0 saturated carbocycles. The lowest BCUT2D eigenvalue weighted by molar-refractivity contribution is 0.0511. The number of carbonyl (C=O) groups excluding carboxylic acids is 3.